The van der Waals surface area contributed by atoms with Gasteiger partial charge in [-0.2, -0.15) is 0 Å². The third-order valence-electron chi connectivity index (χ3n) is 13.0. The highest BCUT2D eigenvalue weighted by atomic mass is 16.5. The van der Waals surface area contributed by atoms with Gasteiger partial charge in [0.15, 0.2) is 0 Å². The van der Waals surface area contributed by atoms with Crippen molar-refractivity contribution in [2.75, 3.05) is 0 Å². The molecule has 4 aliphatic rings. The summed E-state index contributed by atoms with van der Waals surface area (Å²) >= 11 is 0. The fraction of sp³-hybridized carbons (Fsp3) is 0.255. The van der Waals surface area contributed by atoms with E-state index in [0.29, 0.717) is 11.8 Å². The van der Waals surface area contributed by atoms with Gasteiger partial charge in [0.2, 0.25) is 0 Å². The number of benzene rings is 5. The second-order valence-corrected chi connectivity index (χ2v) is 16.1. The second-order valence-electron chi connectivity index (χ2n) is 16.1. The third kappa shape index (κ3) is 5.48. The molecular weight excluding hydrogens is 671 g/mol. The van der Waals surface area contributed by atoms with E-state index in [9.17, 15) is 0 Å². The summed E-state index contributed by atoms with van der Waals surface area (Å²) in [7, 11) is 0. The van der Waals surface area contributed by atoms with Crippen LogP contribution in [0.15, 0.2) is 139 Å². The number of rotatable bonds is 6. The zero-order valence-electron chi connectivity index (χ0n) is 31.3. The van der Waals surface area contributed by atoms with E-state index in [0.717, 1.165) is 34.1 Å². The lowest BCUT2D eigenvalue weighted by Gasteiger charge is -2.34. The SMILES string of the molecule is C1=C(c2c(C3CCCCC3)cccc2C2CCCCC2)C2C(=N1)c1cc(Oc3ccc4c5ccccc5n(-c5ccccn5)c4c3)ccc1-c1ccccc12. The van der Waals surface area contributed by atoms with Crippen molar-refractivity contribution in [1.29, 1.82) is 0 Å². The molecule has 2 fully saturated rings. The molecule has 1 atom stereocenters. The van der Waals surface area contributed by atoms with Crippen molar-refractivity contribution in [2.45, 2.75) is 82.0 Å². The molecule has 7 aromatic rings. The molecule has 0 amide bonds. The van der Waals surface area contributed by atoms with Crippen LogP contribution in [0.1, 0.15) is 110 Å². The molecule has 4 nitrogen and oxygen atoms in total. The van der Waals surface area contributed by atoms with E-state index in [2.05, 4.69) is 120 Å². The van der Waals surface area contributed by atoms with E-state index in [4.69, 9.17) is 14.7 Å². The van der Waals surface area contributed by atoms with Gasteiger partial charge < -0.3 is 4.74 Å². The van der Waals surface area contributed by atoms with Gasteiger partial charge in [-0.3, -0.25) is 9.56 Å². The molecule has 11 rings (SSSR count). The average Bonchev–Trinajstić information content (AvgIpc) is 3.84. The van der Waals surface area contributed by atoms with Crippen molar-refractivity contribution >= 4 is 33.1 Å². The Hall–Kier alpha value is -5.74. The molecular formula is C51H45N3O. The van der Waals surface area contributed by atoms with Crippen LogP contribution in [0.4, 0.5) is 0 Å². The van der Waals surface area contributed by atoms with Crippen LogP contribution in [0.3, 0.4) is 0 Å². The average molecular weight is 716 g/mol. The number of allylic oxidation sites excluding steroid dienone is 1. The Balaban J connectivity index is 1.00. The molecule has 2 aromatic heterocycles. The van der Waals surface area contributed by atoms with Crippen molar-refractivity contribution in [3.63, 3.8) is 0 Å². The zero-order chi connectivity index (χ0) is 36.3. The lowest BCUT2D eigenvalue weighted by Crippen LogP contribution is -2.21. The number of aliphatic imine (C=N–C) groups is 1. The molecule has 3 heterocycles. The second kappa shape index (κ2) is 13.5. The number of fused-ring (bicyclic) bond motifs is 9. The van der Waals surface area contributed by atoms with Crippen LogP contribution in [-0.2, 0) is 0 Å². The predicted molar refractivity (Wildman–Crippen MR) is 226 cm³/mol. The van der Waals surface area contributed by atoms with E-state index in [1.54, 1.807) is 11.1 Å². The number of hydrogen-bond donors (Lipinski definition) is 0. The summed E-state index contributed by atoms with van der Waals surface area (Å²) in [5.74, 6) is 3.85. The zero-order valence-corrected chi connectivity index (χ0v) is 31.3. The first kappa shape index (κ1) is 32.7. The maximum atomic E-state index is 6.78. The molecule has 4 heteroatoms. The quantitative estimate of drug-likeness (QED) is 0.172. The van der Waals surface area contributed by atoms with E-state index in [1.165, 1.54) is 108 Å². The van der Waals surface area contributed by atoms with Crippen molar-refractivity contribution < 1.29 is 4.74 Å². The number of ether oxygens (including phenoxy) is 1. The summed E-state index contributed by atoms with van der Waals surface area (Å²) in [6, 6.07) is 44.0. The fourth-order valence-electron chi connectivity index (χ4n) is 10.5. The van der Waals surface area contributed by atoms with Crippen LogP contribution in [-0.4, -0.2) is 15.3 Å². The molecule has 3 aliphatic carbocycles. The van der Waals surface area contributed by atoms with Gasteiger partial charge in [-0.05, 0) is 125 Å². The number of pyridine rings is 1. The van der Waals surface area contributed by atoms with Crippen LogP contribution in [0, 0.1) is 0 Å². The fourth-order valence-corrected chi connectivity index (χ4v) is 10.5. The number of nitrogens with zero attached hydrogens (tertiary/aromatic N) is 3. The van der Waals surface area contributed by atoms with E-state index in [-0.39, 0.29) is 5.92 Å². The molecule has 1 aliphatic heterocycles. The number of hydrogen-bond acceptors (Lipinski definition) is 3. The predicted octanol–water partition coefficient (Wildman–Crippen LogP) is 13.7. The Kier molecular flexibility index (Phi) is 8.04. The molecule has 55 heavy (non-hydrogen) atoms. The summed E-state index contributed by atoms with van der Waals surface area (Å²) < 4.78 is 9.01. The highest BCUT2D eigenvalue weighted by molar-refractivity contribution is 6.21. The monoisotopic (exact) mass is 715 g/mol. The van der Waals surface area contributed by atoms with Crippen LogP contribution >= 0.6 is 0 Å². The first-order chi connectivity index (χ1) is 27.3. The largest absolute Gasteiger partial charge is 0.457 e. The number of aromatic nitrogens is 2. The van der Waals surface area contributed by atoms with Gasteiger partial charge in [0, 0.05) is 34.8 Å². The summed E-state index contributed by atoms with van der Waals surface area (Å²) in [5, 5.41) is 2.38. The normalized spacial score (nSPS) is 18.4. The van der Waals surface area contributed by atoms with Crippen LogP contribution in [0.2, 0.25) is 0 Å². The Morgan fingerprint density at radius 3 is 1.98 bits per heavy atom. The van der Waals surface area contributed by atoms with Gasteiger partial charge in [-0.25, -0.2) is 4.98 Å². The van der Waals surface area contributed by atoms with Crippen LogP contribution in [0.25, 0.3) is 44.3 Å². The van der Waals surface area contributed by atoms with Gasteiger partial charge in [-0.1, -0.05) is 105 Å². The Bertz CT molecular complexity index is 2620. The number of para-hydroxylation sites is 1. The van der Waals surface area contributed by atoms with Crippen molar-refractivity contribution in [3.8, 4) is 28.4 Å². The van der Waals surface area contributed by atoms with Gasteiger partial charge in [0.1, 0.15) is 17.3 Å². The minimum absolute atomic E-state index is 0.0939. The highest BCUT2D eigenvalue weighted by Gasteiger charge is 2.39. The van der Waals surface area contributed by atoms with Gasteiger partial charge in [0.25, 0.3) is 0 Å². The molecule has 2 saturated carbocycles. The first-order valence-electron chi connectivity index (χ1n) is 20.6. The molecule has 0 radical (unpaired) electrons. The van der Waals surface area contributed by atoms with E-state index >= 15 is 0 Å². The summed E-state index contributed by atoms with van der Waals surface area (Å²) in [5.41, 5.74) is 14.5. The molecule has 0 saturated heterocycles. The third-order valence-corrected chi connectivity index (χ3v) is 13.0. The van der Waals surface area contributed by atoms with Gasteiger partial charge in [0.05, 0.1) is 22.7 Å². The van der Waals surface area contributed by atoms with Gasteiger partial charge in [-0.15, -0.1) is 0 Å². The topological polar surface area (TPSA) is 39.4 Å². The van der Waals surface area contributed by atoms with Crippen LogP contribution in [0.5, 0.6) is 11.5 Å². The van der Waals surface area contributed by atoms with Crippen molar-refractivity contribution in [3.05, 3.63) is 162 Å². The molecule has 0 N–H and O–H groups in total. The van der Waals surface area contributed by atoms with Gasteiger partial charge >= 0.3 is 0 Å². The first-order valence-corrected chi connectivity index (χ1v) is 20.6. The summed E-state index contributed by atoms with van der Waals surface area (Å²) in [6.07, 6.45) is 17.3. The molecule has 1 unspecified atom stereocenters. The Labute approximate surface area is 323 Å². The Morgan fingerprint density at radius 1 is 0.527 bits per heavy atom. The van der Waals surface area contributed by atoms with Crippen LogP contribution < -0.4 is 4.74 Å². The lowest BCUT2D eigenvalue weighted by atomic mass is 9.69. The molecule has 5 aromatic carbocycles. The van der Waals surface area contributed by atoms with E-state index in [1.807, 2.05) is 18.3 Å². The maximum absolute atomic E-state index is 6.78. The maximum Gasteiger partial charge on any atom is 0.137 e. The molecule has 270 valence electrons. The minimum Gasteiger partial charge on any atom is -0.457 e. The molecule has 0 spiro atoms. The lowest BCUT2D eigenvalue weighted by molar-refractivity contribution is 0.434. The van der Waals surface area contributed by atoms with Crippen molar-refractivity contribution in [1.82, 2.24) is 9.55 Å². The smallest absolute Gasteiger partial charge is 0.137 e. The van der Waals surface area contributed by atoms with Crippen molar-refractivity contribution in [2.24, 2.45) is 4.99 Å². The molecule has 0 bridgehead atoms. The van der Waals surface area contributed by atoms with E-state index < -0.39 is 0 Å². The standard InChI is InChI=1S/C51H45N3O/c1-3-14-33(15-4-1)37-21-13-22-38(34-16-5-2-6-17-34)49(37)45-32-53-51-44-30-35(25-27-40(44)39-18-7-8-20-43(39)50(45)51)55-36-26-28-42-41-19-9-10-23-46(41)54(47(42)31-36)48-24-11-12-29-52-48/h7-13,18-34,50H,1-6,14-17H2. The summed E-state index contributed by atoms with van der Waals surface area (Å²) in [4.78, 5) is 10.1. The summed E-state index contributed by atoms with van der Waals surface area (Å²) in [6.45, 7) is 0. The Morgan fingerprint density at radius 2 is 1.20 bits per heavy atom. The highest BCUT2D eigenvalue weighted by Crippen LogP contribution is 2.53. The minimum atomic E-state index is 0.0939.